The van der Waals surface area contributed by atoms with E-state index in [4.69, 9.17) is 15.8 Å². The van der Waals surface area contributed by atoms with Gasteiger partial charge >= 0.3 is 0 Å². The SMILES string of the molecule is Cc1c(N)nc(C2CC2)nc1N(CCCO)C(C)C. The summed E-state index contributed by atoms with van der Waals surface area (Å²) in [6.07, 6.45) is 3.07. The maximum atomic E-state index is 9.04. The minimum atomic E-state index is 0.193. The molecule has 1 heterocycles. The van der Waals surface area contributed by atoms with Crippen molar-refractivity contribution in [3.05, 3.63) is 11.4 Å². The van der Waals surface area contributed by atoms with Gasteiger partial charge in [-0.2, -0.15) is 0 Å². The molecule has 0 atom stereocenters. The van der Waals surface area contributed by atoms with E-state index in [1.807, 2.05) is 6.92 Å². The maximum Gasteiger partial charge on any atom is 0.137 e. The summed E-state index contributed by atoms with van der Waals surface area (Å²) in [5, 5.41) is 9.04. The van der Waals surface area contributed by atoms with E-state index < -0.39 is 0 Å². The van der Waals surface area contributed by atoms with Crippen LogP contribution in [0.2, 0.25) is 0 Å². The molecule has 0 radical (unpaired) electrons. The van der Waals surface area contributed by atoms with E-state index in [9.17, 15) is 0 Å². The summed E-state index contributed by atoms with van der Waals surface area (Å²) in [7, 11) is 0. The third-order valence-corrected chi connectivity index (χ3v) is 3.57. The fourth-order valence-corrected chi connectivity index (χ4v) is 2.19. The van der Waals surface area contributed by atoms with Crippen molar-refractivity contribution in [2.45, 2.75) is 52.0 Å². The highest BCUT2D eigenvalue weighted by molar-refractivity contribution is 5.57. The Labute approximate surface area is 114 Å². The first-order valence-electron chi connectivity index (χ1n) is 7.06. The summed E-state index contributed by atoms with van der Waals surface area (Å²) in [5.41, 5.74) is 6.97. The number of nitrogens with two attached hydrogens (primary N) is 1. The molecule has 0 amide bonds. The predicted octanol–water partition coefficient (Wildman–Crippen LogP) is 1.84. The Morgan fingerprint density at radius 2 is 2.05 bits per heavy atom. The molecule has 5 nitrogen and oxygen atoms in total. The van der Waals surface area contributed by atoms with E-state index in [0.29, 0.717) is 17.8 Å². The van der Waals surface area contributed by atoms with Crippen LogP contribution in [-0.4, -0.2) is 34.3 Å². The lowest BCUT2D eigenvalue weighted by Crippen LogP contribution is -2.34. The van der Waals surface area contributed by atoms with Gasteiger partial charge in [0, 0.05) is 30.7 Å². The lowest BCUT2D eigenvalue weighted by Gasteiger charge is -2.29. The lowest BCUT2D eigenvalue weighted by molar-refractivity contribution is 0.288. The molecule has 106 valence electrons. The minimum Gasteiger partial charge on any atom is -0.396 e. The van der Waals surface area contributed by atoms with Gasteiger partial charge in [-0.1, -0.05) is 0 Å². The fourth-order valence-electron chi connectivity index (χ4n) is 2.19. The molecule has 0 saturated heterocycles. The van der Waals surface area contributed by atoms with E-state index >= 15 is 0 Å². The normalized spacial score (nSPS) is 15.0. The number of aromatic nitrogens is 2. The Hall–Kier alpha value is -1.36. The van der Waals surface area contributed by atoms with Crippen LogP contribution < -0.4 is 10.6 Å². The van der Waals surface area contributed by atoms with E-state index in [1.165, 1.54) is 12.8 Å². The molecule has 19 heavy (non-hydrogen) atoms. The van der Waals surface area contributed by atoms with Crippen LogP contribution in [0.4, 0.5) is 11.6 Å². The maximum absolute atomic E-state index is 9.04. The summed E-state index contributed by atoms with van der Waals surface area (Å²) in [6.45, 7) is 7.21. The van der Waals surface area contributed by atoms with Gasteiger partial charge in [0.15, 0.2) is 0 Å². The summed E-state index contributed by atoms with van der Waals surface area (Å²) in [4.78, 5) is 11.3. The molecule has 5 heteroatoms. The van der Waals surface area contributed by atoms with E-state index in [-0.39, 0.29) is 6.61 Å². The van der Waals surface area contributed by atoms with Crippen molar-refractivity contribution in [2.75, 3.05) is 23.8 Å². The van der Waals surface area contributed by atoms with Gasteiger partial charge in [-0.05, 0) is 40.0 Å². The summed E-state index contributed by atoms with van der Waals surface area (Å²) in [6, 6.07) is 0.326. The molecule has 0 aliphatic heterocycles. The molecular formula is C14H24N4O. The van der Waals surface area contributed by atoms with Crippen molar-refractivity contribution in [1.29, 1.82) is 0 Å². The smallest absolute Gasteiger partial charge is 0.137 e. The molecule has 0 bridgehead atoms. The number of anilines is 2. The highest BCUT2D eigenvalue weighted by atomic mass is 16.3. The number of aliphatic hydroxyl groups is 1. The second kappa shape index (κ2) is 5.74. The molecule has 1 aliphatic rings. The molecule has 0 spiro atoms. The second-order valence-electron chi connectivity index (χ2n) is 5.55. The zero-order chi connectivity index (χ0) is 14.0. The first-order valence-corrected chi connectivity index (χ1v) is 7.06. The number of nitrogen functional groups attached to an aromatic ring is 1. The highest BCUT2D eigenvalue weighted by Gasteiger charge is 2.29. The minimum absolute atomic E-state index is 0.193. The monoisotopic (exact) mass is 264 g/mol. The molecule has 1 saturated carbocycles. The lowest BCUT2D eigenvalue weighted by atomic mass is 10.2. The Morgan fingerprint density at radius 3 is 2.58 bits per heavy atom. The van der Waals surface area contributed by atoms with Gasteiger partial charge in [0.05, 0.1) is 0 Å². The van der Waals surface area contributed by atoms with E-state index in [1.54, 1.807) is 0 Å². The first-order chi connectivity index (χ1) is 9.04. The van der Waals surface area contributed by atoms with Crippen LogP contribution in [-0.2, 0) is 0 Å². The Balaban J connectivity index is 2.33. The van der Waals surface area contributed by atoms with Crippen molar-refractivity contribution < 1.29 is 5.11 Å². The zero-order valence-corrected chi connectivity index (χ0v) is 12.1. The summed E-state index contributed by atoms with van der Waals surface area (Å²) in [5.74, 6) is 2.89. The number of hydrogen-bond acceptors (Lipinski definition) is 5. The van der Waals surface area contributed by atoms with Crippen molar-refractivity contribution >= 4 is 11.6 Å². The van der Waals surface area contributed by atoms with Gasteiger partial charge in [-0.25, -0.2) is 9.97 Å². The standard InChI is InChI=1S/C14H24N4O/c1-9(2)18(7-4-8-19)14-10(3)12(15)16-13(17-14)11-5-6-11/h9,11,19H,4-8H2,1-3H3,(H2,15,16,17). The topological polar surface area (TPSA) is 75.3 Å². The molecule has 1 fully saturated rings. The van der Waals surface area contributed by atoms with E-state index in [2.05, 4.69) is 23.7 Å². The van der Waals surface area contributed by atoms with Gasteiger partial charge in [0.2, 0.25) is 0 Å². The molecule has 3 N–H and O–H groups in total. The van der Waals surface area contributed by atoms with Crippen molar-refractivity contribution in [3.8, 4) is 0 Å². The van der Waals surface area contributed by atoms with Gasteiger partial charge < -0.3 is 15.7 Å². The molecular weight excluding hydrogens is 240 g/mol. The van der Waals surface area contributed by atoms with Crippen LogP contribution in [0.3, 0.4) is 0 Å². The predicted molar refractivity (Wildman–Crippen MR) is 77.3 cm³/mol. The van der Waals surface area contributed by atoms with Crippen molar-refractivity contribution in [3.63, 3.8) is 0 Å². The average Bonchev–Trinajstić information content (AvgIpc) is 3.18. The third kappa shape index (κ3) is 3.15. The fraction of sp³-hybridized carbons (Fsp3) is 0.714. The Bertz CT molecular complexity index is 443. The molecule has 2 rings (SSSR count). The third-order valence-electron chi connectivity index (χ3n) is 3.57. The summed E-state index contributed by atoms with van der Waals surface area (Å²) >= 11 is 0. The molecule has 1 aromatic rings. The quantitative estimate of drug-likeness (QED) is 0.820. The molecule has 1 aliphatic carbocycles. The molecule has 0 aromatic carbocycles. The van der Waals surface area contributed by atoms with Crippen LogP contribution in [0, 0.1) is 6.92 Å². The first kappa shape index (κ1) is 14.1. The highest BCUT2D eigenvalue weighted by Crippen LogP contribution is 2.39. The van der Waals surface area contributed by atoms with Gasteiger partial charge in [0.25, 0.3) is 0 Å². The van der Waals surface area contributed by atoms with Crippen LogP contribution in [0.1, 0.15) is 50.4 Å². The number of hydrogen-bond donors (Lipinski definition) is 2. The summed E-state index contributed by atoms with van der Waals surface area (Å²) < 4.78 is 0. The van der Waals surface area contributed by atoms with Crippen LogP contribution in [0.5, 0.6) is 0 Å². The van der Waals surface area contributed by atoms with Gasteiger partial charge in [0.1, 0.15) is 17.5 Å². The number of aliphatic hydroxyl groups excluding tert-OH is 1. The largest absolute Gasteiger partial charge is 0.396 e. The number of rotatable bonds is 6. The van der Waals surface area contributed by atoms with Gasteiger partial charge in [-0.15, -0.1) is 0 Å². The number of nitrogens with zero attached hydrogens (tertiary/aromatic N) is 3. The van der Waals surface area contributed by atoms with Crippen LogP contribution >= 0.6 is 0 Å². The van der Waals surface area contributed by atoms with E-state index in [0.717, 1.165) is 30.2 Å². The van der Waals surface area contributed by atoms with Crippen LogP contribution in [0.25, 0.3) is 0 Å². The van der Waals surface area contributed by atoms with Crippen LogP contribution in [0.15, 0.2) is 0 Å². The Morgan fingerprint density at radius 1 is 1.37 bits per heavy atom. The second-order valence-corrected chi connectivity index (χ2v) is 5.55. The molecule has 1 aromatic heterocycles. The van der Waals surface area contributed by atoms with Gasteiger partial charge in [-0.3, -0.25) is 0 Å². The molecule has 0 unspecified atom stereocenters. The Kier molecular flexibility index (Phi) is 4.24. The zero-order valence-electron chi connectivity index (χ0n) is 12.1. The van der Waals surface area contributed by atoms with Crippen molar-refractivity contribution in [1.82, 2.24) is 9.97 Å². The van der Waals surface area contributed by atoms with Crippen molar-refractivity contribution in [2.24, 2.45) is 0 Å². The average molecular weight is 264 g/mol.